The highest BCUT2D eigenvalue weighted by atomic mass is 35.5. The molecule has 1 aromatic heterocycles. The maximum absolute atomic E-state index is 12.4. The number of aromatic nitrogens is 1. The van der Waals surface area contributed by atoms with Gasteiger partial charge < -0.3 is 10.1 Å². The Morgan fingerprint density at radius 2 is 1.93 bits per heavy atom. The Morgan fingerprint density at radius 1 is 1.26 bits per heavy atom. The van der Waals surface area contributed by atoms with E-state index in [1.54, 1.807) is 11.3 Å². The van der Waals surface area contributed by atoms with Gasteiger partial charge in [0.1, 0.15) is 0 Å². The quantitative estimate of drug-likeness (QED) is 0.815. The molecule has 1 N–H and O–H groups in total. The van der Waals surface area contributed by atoms with Crippen LogP contribution in [0.1, 0.15) is 36.9 Å². The monoisotopic (exact) mass is 407 g/mol. The first kappa shape index (κ1) is 20.3. The molecule has 0 radical (unpaired) electrons. The van der Waals surface area contributed by atoms with Crippen molar-refractivity contribution in [3.8, 4) is 0 Å². The minimum Gasteiger partial charge on any atom is -0.379 e. The summed E-state index contributed by atoms with van der Waals surface area (Å²) in [5.74, 6) is -0.0239. The van der Waals surface area contributed by atoms with Crippen molar-refractivity contribution in [1.82, 2.24) is 9.88 Å². The first-order valence-electron chi connectivity index (χ1n) is 9.16. The lowest BCUT2D eigenvalue weighted by molar-refractivity contribution is -0.118. The highest BCUT2D eigenvalue weighted by Crippen LogP contribution is 2.33. The first-order valence-corrected chi connectivity index (χ1v) is 10.4. The summed E-state index contributed by atoms with van der Waals surface area (Å²) < 4.78 is 5.33. The molecule has 146 valence electrons. The zero-order valence-electron chi connectivity index (χ0n) is 16.0. The third-order valence-electron chi connectivity index (χ3n) is 4.40. The van der Waals surface area contributed by atoms with E-state index in [0.717, 1.165) is 30.2 Å². The van der Waals surface area contributed by atoms with Crippen molar-refractivity contribution in [3.05, 3.63) is 45.4 Å². The highest BCUT2D eigenvalue weighted by molar-refractivity contribution is 7.15. The lowest BCUT2D eigenvalue weighted by Crippen LogP contribution is -2.41. The topological polar surface area (TPSA) is 54.5 Å². The maximum atomic E-state index is 12.4. The molecule has 27 heavy (non-hydrogen) atoms. The number of hydrogen-bond donors (Lipinski definition) is 1. The second-order valence-corrected chi connectivity index (χ2v) is 9.30. The van der Waals surface area contributed by atoms with E-state index >= 15 is 0 Å². The Labute approximate surface area is 169 Å². The van der Waals surface area contributed by atoms with Crippen LogP contribution in [0.3, 0.4) is 0 Å². The lowest BCUT2D eigenvalue weighted by atomic mass is 9.90. The number of ether oxygens (including phenoxy) is 1. The second-order valence-electron chi connectivity index (χ2n) is 7.78. The Morgan fingerprint density at radius 3 is 2.56 bits per heavy atom. The summed E-state index contributed by atoms with van der Waals surface area (Å²) >= 11 is 7.55. The lowest BCUT2D eigenvalue weighted by Gasteiger charge is -2.25. The minimum absolute atomic E-state index is 0.0239. The number of carbonyl (C=O) groups excluding carboxylic acids is 1. The van der Waals surface area contributed by atoms with E-state index in [1.807, 2.05) is 24.3 Å². The average Bonchev–Trinajstić information content (AvgIpc) is 3.00. The SMILES string of the molecule is CC(C)(C)c1nc(NC(=O)CN2CCOCC2)sc1Cc1ccc(Cl)cc1. The van der Waals surface area contributed by atoms with Crippen LogP contribution < -0.4 is 5.32 Å². The molecular formula is C20H26ClN3O2S. The van der Waals surface area contributed by atoms with Crippen molar-refractivity contribution < 1.29 is 9.53 Å². The number of nitrogens with one attached hydrogen (secondary N) is 1. The molecule has 0 unspecified atom stereocenters. The highest BCUT2D eigenvalue weighted by Gasteiger charge is 2.24. The van der Waals surface area contributed by atoms with Crippen LogP contribution in [0.25, 0.3) is 0 Å². The molecule has 0 aliphatic carbocycles. The van der Waals surface area contributed by atoms with Gasteiger partial charge in [-0.3, -0.25) is 9.69 Å². The van der Waals surface area contributed by atoms with E-state index in [2.05, 4.69) is 31.0 Å². The van der Waals surface area contributed by atoms with E-state index in [4.69, 9.17) is 21.3 Å². The molecule has 0 saturated carbocycles. The van der Waals surface area contributed by atoms with Gasteiger partial charge in [-0.2, -0.15) is 0 Å². The molecule has 1 saturated heterocycles. The molecule has 1 fully saturated rings. The Kier molecular flexibility index (Phi) is 6.52. The summed E-state index contributed by atoms with van der Waals surface area (Å²) in [7, 11) is 0. The molecule has 1 aliphatic heterocycles. The summed E-state index contributed by atoms with van der Waals surface area (Å²) in [6.07, 6.45) is 0.779. The third-order valence-corrected chi connectivity index (χ3v) is 5.63. The maximum Gasteiger partial charge on any atom is 0.240 e. The van der Waals surface area contributed by atoms with Crippen molar-refractivity contribution in [2.45, 2.75) is 32.6 Å². The molecular weight excluding hydrogens is 382 g/mol. The summed E-state index contributed by atoms with van der Waals surface area (Å²) in [6.45, 7) is 9.77. The second kappa shape index (κ2) is 8.69. The summed E-state index contributed by atoms with van der Waals surface area (Å²) in [4.78, 5) is 20.4. The average molecular weight is 408 g/mol. The van der Waals surface area contributed by atoms with Crippen LogP contribution in [0, 0.1) is 0 Å². The van der Waals surface area contributed by atoms with E-state index in [9.17, 15) is 4.79 Å². The number of amides is 1. The molecule has 1 amide bonds. The van der Waals surface area contributed by atoms with Crippen molar-refractivity contribution >= 4 is 34.0 Å². The molecule has 2 heterocycles. The molecule has 0 bridgehead atoms. The number of nitrogens with zero attached hydrogens (tertiary/aromatic N) is 2. The largest absolute Gasteiger partial charge is 0.379 e. The van der Waals surface area contributed by atoms with E-state index in [-0.39, 0.29) is 11.3 Å². The van der Waals surface area contributed by atoms with E-state index < -0.39 is 0 Å². The van der Waals surface area contributed by atoms with Gasteiger partial charge in [-0.15, -0.1) is 11.3 Å². The smallest absolute Gasteiger partial charge is 0.240 e. The third kappa shape index (κ3) is 5.75. The fourth-order valence-corrected chi connectivity index (χ4v) is 4.37. The molecule has 7 heteroatoms. The molecule has 0 spiro atoms. The Bertz CT molecular complexity index is 778. The van der Waals surface area contributed by atoms with Crippen LogP contribution in [0.2, 0.25) is 5.02 Å². The van der Waals surface area contributed by atoms with E-state index in [0.29, 0.717) is 24.9 Å². The number of thiazole rings is 1. The van der Waals surface area contributed by atoms with Crippen LogP contribution in [-0.2, 0) is 21.4 Å². The zero-order chi connectivity index (χ0) is 19.4. The summed E-state index contributed by atoms with van der Waals surface area (Å²) in [5.41, 5.74) is 2.12. The molecule has 1 aliphatic rings. The predicted molar refractivity (Wildman–Crippen MR) is 111 cm³/mol. The van der Waals surface area contributed by atoms with Gasteiger partial charge >= 0.3 is 0 Å². The number of carbonyl (C=O) groups is 1. The predicted octanol–water partition coefficient (Wildman–Crippen LogP) is 3.96. The van der Waals surface area contributed by atoms with Crippen LogP contribution in [-0.4, -0.2) is 48.6 Å². The summed E-state index contributed by atoms with van der Waals surface area (Å²) in [6, 6.07) is 7.87. The van der Waals surface area contributed by atoms with Gasteiger partial charge in [0.15, 0.2) is 5.13 Å². The number of anilines is 1. The minimum atomic E-state index is -0.0918. The number of halogens is 1. The number of morpholine rings is 1. The first-order chi connectivity index (χ1) is 12.8. The van der Waals surface area contributed by atoms with Crippen LogP contribution in [0.5, 0.6) is 0 Å². The standard InChI is InChI=1S/C20H26ClN3O2S/c1-20(2,3)18-16(12-14-4-6-15(21)7-5-14)27-19(23-18)22-17(25)13-24-8-10-26-11-9-24/h4-7H,8-13H2,1-3H3,(H,22,23,25). The fourth-order valence-electron chi connectivity index (χ4n) is 3.02. The van der Waals surface area contributed by atoms with Crippen molar-refractivity contribution in [1.29, 1.82) is 0 Å². The van der Waals surface area contributed by atoms with Gasteiger partial charge in [-0.1, -0.05) is 44.5 Å². The van der Waals surface area contributed by atoms with Gasteiger partial charge in [-0.05, 0) is 17.7 Å². The number of rotatable bonds is 5. The Hall–Kier alpha value is -1.47. The molecule has 5 nitrogen and oxygen atoms in total. The fraction of sp³-hybridized carbons (Fsp3) is 0.500. The van der Waals surface area contributed by atoms with Crippen LogP contribution in [0.4, 0.5) is 5.13 Å². The van der Waals surface area contributed by atoms with Gasteiger partial charge in [-0.25, -0.2) is 4.98 Å². The van der Waals surface area contributed by atoms with E-state index in [1.165, 1.54) is 10.4 Å². The molecule has 2 aromatic rings. The van der Waals surface area contributed by atoms with Crippen molar-refractivity contribution in [2.24, 2.45) is 0 Å². The normalized spacial score (nSPS) is 15.7. The van der Waals surface area contributed by atoms with Gasteiger partial charge in [0.2, 0.25) is 5.91 Å². The molecule has 0 atom stereocenters. The van der Waals surface area contributed by atoms with Gasteiger partial charge in [0.25, 0.3) is 0 Å². The Balaban J connectivity index is 1.72. The van der Waals surface area contributed by atoms with Crippen LogP contribution in [0.15, 0.2) is 24.3 Å². The van der Waals surface area contributed by atoms with Gasteiger partial charge in [0, 0.05) is 34.8 Å². The summed E-state index contributed by atoms with van der Waals surface area (Å²) in [5, 5.41) is 4.38. The van der Waals surface area contributed by atoms with Gasteiger partial charge in [0.05, 0.1) is 25.5 Å². The van der Waals surface area contributed by atoms with Crippen molar-refractivity contribution in [2.75, 3.05) is 38.2 Å². The number of hydrogen-bond acceptors (Lipinski definition) is 5. The molecule has 1 aromatic carbocycles. The van der Waals surface area contributed by atoms with Crippen molar-refractivity contribution in [3.63, 3.8) is 0 Å². The zero-order valence-corrected chi connectivity index (χ0v) is 17.6. The van der Waals surface area contributed by atoms with Crippen LogP contribution >= 0.6 is 22.9 Å². The number of benzene rings is 1. The molecule has 3 rings (SSSR count).